The minimum absolute atomic E-state index is 0. The van der Waals surface area contributed by atoms with Crippen LogP contribution in [-0.4, -0.2) is 17.6 Å². The lowest BCUT2D eigenvalue weighted by Crippen LogP contribution is -2.06. The highest BCUT2D eigenvalue weighted by Gasteiger charge is 2.18. The van der Waals surface area contributed by atoms with E-state index in [1.807, 2.05) is 37.3 Å². The van der Waals surface area contributed by atoms with Crippen molar-refractivity contribution in [1.82, 2.24) is 4.98 Å². The number of carbonyl (C=O) groups is 1. The summed E-state index contributed by atoms with van der Waals surface area (Å²) in [6.45, 7) is 4.04. The number of hydrogen-bond donors (Lipinski definition) is 0. The lowest BCUT2D eigenvalue weighted by atomic mass is 10.1. The van der Waals surface area contributed by atoms with Gasteiger partial charge in [0.25, 0.3) is 0 Å². The molecule has 0 saturated heterocycles. The van der Waals surface area contributed by atoms with Crippen LogP contribution < -0.4 is 0 Å². The van der Waals surface area contributed by atoms with Crippen LogP contribution in [0, 0.1) is 6.92 Å². The number of nitrogens with zero attached hydrogens (tertiary/aromatic N) is 1. The molecule has 0 atom stereocenters. The van der Waals surface area contributed by atoms with Crippen molar-refractivity contribution >= 4 is 29.7 Å². The zero-order chi connectivity index (χ0) is 12.3. The van der Waals surface area contributed by atoms with Crippen molar-refractivity contribution in [2.24, 2.45) is 0 Å². The summed E-state index contributed by atoms with van der Waals surface area (Å²) >= 11 is 1.51. The monoisotopic (exact) mass is 283 g/mol. The predicted octanol–water partition coefficient (Wildman–Crippen LogP) is 3.72. The first-order chi connectivity index (χ1) is 8.22. The largest absolute Gasteiger partial charge is 0.461 e. The lowest BCUT2D eigenvalue weighted by Gasteiger charge is -2.01. The molecule has 1 aromatic carbocycles. The molecule has 0 aliphatic heterocycles. The van der Waals surface area contributed by atoms with Crippen LogP contribution in [0.1, 0.15) is 22.4 Å². The van der Waals surface area contributed by atoms with E-state index in [0.717, 1.165) is 15.4 Å². The van der Waals surface area contributed by atoms with Crippen LogP contribution >= 0.6 is 23.7 Å². The quantitative estimate of drug-likeness (QED) is 0.806. The van der Waals surface area contributed by atoms with Crippen LogP contribution in [0.5, 0.6) is 0 Å². The Labute approximate surface area is 116 Å². The summed E-state index contributed by atoms with van der Waals surface area (Å²) in [7, 11) is 0. The SMILES string of the molecule is CCOC(=O)c1nc(C)sc1-c1ccccc1.Cl. The smallest absolute Gasteiger partial charge is 0.358 e. The predicted molar refractivity (Wildman–Crippen MR) is 75.5 cm³/mol. The highest BCUT2D eigenvalue weighted by molar-refractivity contribution is 7.15. The number of halogens is 1. The molecule has 0 aliphatic carbocycles. The van der Waals surface area contributed by atoms with Gasteiger partial charge >= 0.3 is 5.97 Å². The van der Waals surface area contributed by atoms with E-state index in [1.54, 1.807) is 6.92 Å². The Kier molecular flexibility index (Phi) is 5.31. The minimum atomic E-state index is -0.351. The molecular weight excluding hydrogens is 270 g/mol. The molecule has 0 fully saturated rings. The van der Waals surface area contributed by atoms with Crippen LogP contribution in [0.15, 0.2) is 30.3 Å². The van der Waals surface area contributed by atoms with Gasteiger partial charge in [0, 0.05) is 0 Å². The maximum Gasteiger partial charge on any atom is 0.358 e. The number of esters is 1. The van der Waals surface area contributed by atoms with Crippen molar-refractivity contribution < 1.29 is 9.53 Å². The van der Waals surface area contributed by atoms with Gasteiger partial charge in [0.15, 0.2) is 5.69 Å². The molecule has 0 bridgehead atoms. The molecule has 5 heteroatoms. The standard InChI is InChI=1S/C13H13NO2S.ClH/c1-3-16-13(15)11-12(17-9(2)14-11)10-7-5-4-6-8-10;/h4-8H,3H2,1-2H3;1H. The van der Waals surface area contributed by atoms with Crippen molar-refractivity contribution in [3.8, 4) is 10.4 Å². The van der Waals surface area contributed by atoms with Crippen LogP contribution in [0.3, 0.4) is 0 Å². The average Bonchev–Trinajstić information content (AvgIpc) is 2.73. The van der Waals surface area contributed by atoms with Crippen LogP contribution in [-0.2, 0) is 4.74 Å². The Balaban J connectivity index is 0.00000162. The molecule has 0 unspecified atom stereocenters. The van der Waals surface area contributed by atoms with Crippen molar-refractivity contribution in [3.63, 3.8) is 0 Å². The van der Waals surface area contributed by atoms with E-state index >= 15 is 0 Å². The fourth-order valence-electron chi connectivity index (χ4n) is 1.55. The number of ether oxygens (including phenoxy) is 1. The normalized spacial score (nSPS) is 9.67. The molecule has 0 amide bonds. The molecule has 96 valence electrons. The molecule has 1 heterocycles. The number of thiazole rings is 1. The second kappa shape index (κ2) is 6.52. The van der Waals surface area contributed by atoms with Crippen molar-refractivity contribution in [1.29, 1.82) is 0 Å². The molecule has 2 rings (SSSR count). The van der Waals surface area contributed by atoms with Crippen LogP contribution in [0.25, 0.3) is 10.4 Å². The molecule has 0 spiro atoms. The molecule has 2 aromatic rings. The Morgan fingerprint density at radius 2 is 2.00 bits per heavy atom. The number of rotatable bonds is 3. The van der Waals surface area contributed by atoms with E-state index in [2.05, 4.69) is 4.98 Å². The van der Waals surface area contributed by atoms with Crippen molar-refractivity contribution in [3.05, 3.63) is 41.0 Å². The van der Waals surface area contributed by atoms with Crippen molar-refractivity contribution in [2.45, 2.75) is 13.8 Å². The van der Waals surface area contributed by atoms with Crippen LogP contribution in [0.4, 0.5) is 0 Å². The first kappa shape index (κ1) is 14.7. The summed E-state index contributed by atoms with van der Waals surface area (Å²) in [5, 5.41) is 0.868. The molecule has 0 saturated carbocycles. The summed E-state index contributed by atoms with van der Waals surface area (Å²) in [5.74, 6) is -0.351. The molecule has 3 nitrogen and oxygen atoms in total. The fourth-order valence-corrected chi connectivity index (χ4v) is 2.46. The van der Waals surface area contributed by atoms with Gasteiger partial charge in [0.05, 0.1) is 16.5 Å². The number of benzene rings is 1. The van der Waals surface area contributed by atoms with Gasteiger partial charge in [0.2, 0.25) is 0 Å². The summed E-state index contributed by atoms with van der Waals surface area (Å²) in [5.41, 5.74) is 1.42. The molecule has 1 aromatic heterocycles. The molecule has 0 aliphatic rings. The average molecular weight is 284 g/mol. The van der Waals surface area contributed by atoms with E-state index in [1.165, 1.54) is 11.3 Å². The van der Waals surface area contributed by atoms with Gasteiger partial charge in [-0.1, -0.05) is 30.3 Å². The van der Waals surface area contributed by atoms with Crippen LogP contribution in [0.2, 0.25) is 0 Å². The molecule has 18 heavy (non-hydrogen) atoms. The van der Waals surface area contributed by atoms with Gasteiger partial charge in [-0.3, -0.25) is 0 Å². The summed E-state index contributed by atoms with van der Waals surface area (Å²) in [4.78, 5) is 16.9. The summed E-state index contributed by atoms with van der Waals surface area (Å²) in [6.07, 6.45) is 0. The Morgan fingerprint density at radius 3 is 2.61 bits per heavy atom. The molecule has 0 radical (unpaired) electrons. The summed E-state index contributed by atoms with van der Waals surface area (Å²) < 4.78 is 5.01. The number of aryl methyl sites for hydroxylation is 1. The van der Waals surface area contributed by atoms with Gasteiger partial charge in [-0.25, -0.2) is 9.78 Å². The van der Waals surface area contributed by atoms with E-state index in [9.17, 15) is 4.79 Å². The molecule has 0 N–H and O–H groups in total. The first-order valence-corrected chi connectivity index (χ1v) is 6.24. The lowest BCUT2D eigenvalue weighted by molar-refractivity contribution is 0.0521. The van der Waals surface area contributed by atoms with E-state index < -0.39 is 0 Å². The maximum absolute atomic E-state index is 11.8. The van der Waals surface area contributed by atoms with E-state index in [-0.39, 0.29) is 18.4 Å². The topological polar surface area (TPSA) is 39.2 Å². The highest BCUT2D eigenvalue weighted by Crippen LogP contribution is 2.30. The second-order valence-electron chi connectivity index (χ2n) is 3.50. The highest BCUT2D eigenvalue weighted by atomic mass is 35.5. The third-order valence-electron chi connectivity index (χ3n) is 2.24. The first-order valence-electron chi connectivity index (χ1n) is 5.42. The Hall–Kier alpha value is -1.39. The number of carbonyl (C=O) groups excluding carboxylic acids is 1. The Bertz CT molecular complexity index is 525. The van der Waals surface area contributed by atoms with Gasteiger partial charge in [-0.15, -0.1) is 23.7 Å². The third kappa shape index (κ3) is 3.09. The number of hydrogen-bond acceptors (Lipinski definition) is 4. The molecular formula is C13H14ClNO2S. The van der Waals surface area contributed by atoms with E-state index in [4.69, 9.17) is 4.74 Å². The van der Waals surface area contributed by atoms with Gasteiger partial charge in [0.1, 0.15) is 0 Å². The zero-order valence-corrected chi connectivity index (χ0v) is 11.8. The second-order valence-corrected chi connectivity index (χ2v) is 4.70. The van der Waals surface area contributed by atoms with Crippen molar-refractivity contribution in [2.75, 3.05) is 6.61 Å². The van der Waals surface area contributed by atoms with Gasteiger partial charge < -0.3 is 4.74 Å². The maximum atomic E-state index is 11.8. The van der Waals surface area contributed by atoms with Gasteiger partial charge in [-0.05, 0) is 19.4 Å². The fraction of sp³-hybridized carbons (Fsp3) is 0.231. The third-order valence-corrected chi connectivity index (χ3v) is 3.26. The Morgan fingerprint density at radius 1 is 1.33 bits per heavy atom. The zero-order valence-electron chi connectivity index (χ0n) is 10.2. The van der Waals surface area contributed by atoms with Gasteiger partial charge in [-0.2, -0.15) is 0 Å². The summed E-state index contributed by atoms with van der Waals surface area (Å²) in [6, 6.07) is 9.77. The minimum Gasteiger partial charge on any atom is -0.461 e. The number of aromatic nitrogens is 1. The van der Waals surface area contributed by atoms with E-state index in [0.29, 0.717) is 12.3 Å².